The highest BCUT2D eigenvalue weighted by molar-refractivity contribution is 6.33. The first kappa shape index (κ1) is 15.6. The van der Waals surface area contributed by atoms with Gasteiger partial charge in [-0.1, -0.05) is 29.6 Å². The van der Waals surface area contributed by atoms with Crippen LogP contribution < -0.4 is 5.32 Å². The van der Waals surface area contributed by atoms with Crippen molar-refractivity contribution in [2.45, 2.75) is 43.9 Å². The monoisotopic (exact) mass is 328 g/mol. The number of rotatable bonds is 4. The summed E-state index contributed by atoms with van der Waals surface area (Å²) in [5.74, 6) is 0. The summed E-state index contributed by atoms with van der Waals surface area (Å²) in [6.45, 7) is 2.93. The molecule has 1 aromatic rings. The van der Waals surface area contributed by atoms with E-state index in [2.05, 4.69) is 10.2 Å². The van der Waals surface area contributed by atoms with Crippen molar-refractivity contribution >= 4 is 23.2 Å². The Hall–Kier alpha value is -0.320. The lowest BCUT2D eigenvalue weighted by Crippen LogP contribution is -2.45. The van der Waals surface area contributed by atoms with Gasteiger partial charge in [-0.25, -0.2) is 0 Å². The number of piperidine rings is 1. The number of aliphatic hydroxyl groups excluding tert-OH is 1. The molecule has 2 heterocycles. The van der Waals surface area contributed by atoms with E-state index in [1.165, 1.54) is 38.8 Å². The lowest BCUT2D eigenvalue weighted by atomic mass is 9.98. The van der Waals surface area contributed by atoms with Crippen molar-refractivity contribution in [2.24, 2.45) is 0 Å². The lowest BCUT2D eigenvalue weighted by Gasteiger charge is -2.33. The van der Waals surface area contributed by atoms with Gasteiger partial charge in [0.25, 0.3) is 0 Å². The lowest BCUT2D eigenvalue weighted by molar-refractivity contribution is 0.151. The maximum Gasteiger partial charge on any atom is 0.0929 e. The topological polar surface area (TPSA) is 35.5 Å². The number of hydrogen-bond donors (Lipinski definition) is 2. The van der Waals surface area contributed by atoms with Crippen LogP contribution >= 0.6 is 23.2 Å². The van der Waals surface area contributed by atoms with Gasteiger partial charge < -0.3 is 10.4 Å². The molecule has 0 saturated carbocycles. The van der Waals surface area contributed by atoms with Gasteiger partial charge in [0.2, 0.25) is 0 Å². The number of hydrogen-bond acceptors (Lipinski definition) is 3. The summed E-state index contributed by atoms with van der Waals surface area (Å²) in [5, 5.41) is 15.1. The molecule has 2 N–H and O–H groups in total. The van der Waals surface area contributed by atoms with Crippen LogP contribution in [0.5, 0.6) is 0 Å². The van der Waals surface area contributed by atoms with Gasteiger partial charge in [0, 0.05) is 40.8 Å². The highest BCUT2D eigenvalue weighted by atomic mass is 35.5. The van der Waals surface area contributed by atoms with Crippen LogP contribution in [0.3, 0.4) is 0 Å². The molecule has 2 aliphatic heterocycles. The van der Waals surface area contributed by atoms with Crippen molar-refractivity contribution in [3.63, 3.8) is 0 Å². The van der Waals surface area contributed by atoms with Crippen LogP contribution in [0.25, 0.3) is 0 Å². The van der Waals surface area contributed by atoms with E-state index in [0.717, 1.165) is 0 Å². The highest BCUT2D eigenvalue weighted by Gasteiger charge is 2.35. The molecule has 21 heavy (non-hydrogen) atoms. The molecule has 3 unspecified atom stereocenters. The zero-order chi connectivity index (χ0) is 14.8. The molecular formula is C16H22Cl2N2O. The van der Waals surface area contributed by atoms with E-state index in [9.17, 15) is 5.11 Å². The summed E-state index contributed by atoms with van der Waals surface area (Å²) < 4.78 is 0. The van der Waals surface area contributed by atoms with E-state index in [-0.39, 0.29) is 0 Å². The quantitative estimate of drug-likeness (QED) is 0.890. The normalized spacial score (nSPS) is 27.6. The third-order valence-corrected chi connectivity index (χ3v) is 5.33. The Bertz CT molecular complexity index is 497. The van der Waals surface area contributed by atoms with Gasteiger partial charge in [-0.3, -0.25) is 4.90 Å². The Morgan fingerprint density at radius 1 is 1.24 bits per heavy atom. The molecule has 2 aliphatic rings. The van der Waals surface area contributed by atoms with Gasteiger partial charge in [0.15, 0.2) is 0 Å². The molecule has 0 amide bonds. The van der Waals surface area contributed by atoms with Gasteiger partial charge in [-0.05, 0) is 44.0 Å². The van der Waals surface area contributed by atoms with Crippen LogP contribution in [0.4, 0.5) is 0 Å². The minimum Gasteiger partial charge on any atom is -0.387 e. The van der Waals surface area contributed by atoms with Gasteiger partial charge in [-0.2, -0.15) is 0 Å². The summed E-state index contributed by atoms with van der Waals surface area (Å²) in [6.07, 6.45) is 4.46. The van der Waals surface area contributed by atoms with Crippen molar-refractivity contribution < 1.29 is 5.11 Å². The first-order valence-corrected chi connectivity index (χ1v) is 8.51. The zero-order valence-corrected chi connectivity index (χ0v) is 13.6. The SMILES string of the molecule is OC(CNC1CCN2CCCCC12)c1cc(Cl)ccc1Cl. The maximum atomic E-state index is 10.4. The predicted octanol–water partition coefficient (Wildman–Crippen LogP) is 3.24. The molecule has 0 aromatic heterocycles. The summed E-state index contributed by atoms with van der Waals surface area (Å²) in [4.78, 5) is 2.58. The van der Waals surface area contributed by atoms with Crippen molar-refractivity contribution in [3.05, 3.63) is 33.8 Å². The second-order valence-corrected chi connectivity index (χ2v) is 6.93. The number of halogens is 2. The van der Waals surface area contributed by atoms with Gasteiger partial charge in [0.1, 0.15) is 0 Å². The Labute approximate surface area is 136 Å². The van der Waals surface area contributed by atoms with E-state index in [1.807, 2.05) is 0 Å². The molecule has 2 saturated heterocycles. The van der Waals surface area contributed by atoms with Gasteiger partial charge in [0.05, 0.1) is 6.10 Å². The summed E-state index contributed by atoms with van der Waals surface area (Å²) in [6, 6.07) is 6.35. The van der Waals surface area contributed by atoms with Crippen molar-refractivity contribution in [1.29, 1.82) is 0 Å². The molecule has 116 valence electrons. The molecular weight excluding hydrogens is 307 g/mol. The smallest absolute Gasteiger partial charge is 0.0929 e. The fourth-order valence-electron chi connectivity index (χ4n) is 3.63. The first-order chi connectivity index (χ1) is 10.1. The van der Waals surface area contributed by atoms with Crippen molar-refractivity contribution in [3.8, 4) is 0 Å². The molecule has 0 spiro atoms. The second-order valence-electron chi connectivity index (χ2n) is 6.08. The number of nitrogens with zero attached hydrogens (tertiary/aromatic N) is 1. The standard InChI is InChI=1S/C16H22Cl2N2O/c17-11-4-5-13(18)12(9-11)16(21)10-19-14-6-8-20-7-2-1-3-15(14)20/h4-5,9,14-16,19,21H,1-3,6-8,10H2. The molecule has 2 fully saturated rings. The number of benzene rings is 1. The van der Waals surface area contributed by atoms with Crippen LogP contribution in [-0.2, 0) is 0 Å². The predicted molar refractivity (Wildman–Crippen MR) is 87.0 cm³/mol. The Morgan fingerprint density at radius 3 is 2.95 bits per heavy atom. The minimum absolute atomic E-state index is 0.484. The van der Waals surface area contributed by atoms with E-state index in [1.54, 1.807) is 18.2 Å². The van der Waals surface area contributed by atoms with Gasteiger partial charge >= 0.3 is 0 Å². The van der Waals surface area contributed by atoms with E-state index in [0.29, 0.717) is 34.2 Å². The number of aliphatic hydroxyl groups is 1. The third-order valence-electron chi connectivity index (χ3n) is 4.75. The molecule has 1 aromatic carbocycles. The number of nitrogens with one attached hydrogen (secondary N) is 1. The Kier molecular flexibility index (Phi) is 5.07. The molecule has 0 aliphatic carbocycles. The fourth-order valence-corrected chi connectivity index (χ4v) is 4.05. The number of fused-ring (bicyclic) bond motifs is 1. The van der Waals surface area contributed by atoms with E-state index in [4.69, 9.17) is 23.2 Å². The minimum atomic E-state index is -0.617. The Balaban J connectivity index is 1.58. The molecule has 3 rings (SSSR count). The highest BCUT2D eigenvalue weighted by Crippen LogP contribution is 2.29. The molecule has 5 heteroatoms. The molecule has 0 radical (unpaired) electrons. The van der Waals surface area contributed by atoms with Crippen molar-refractivity contribution in [2.75, 3.05) is 19.6 Å². The van der Waals surface area contributed by atoms with Crippen LogP contribution in [0.2, 0.25) is 10.0 Å². The molecule has 0 bridgehead atoms. The van der Waals surface area contributed by atoms with Gasteiger partial charge in [-0.15, -0.1) is 0 Å². The first-order valence-electron chi connectivity index (χ1n) is 7.75. The van der Waals surface area contributed by atoms with Crippen molar-refractivity contribution in [1.82, 2.24) is 10.2 Å². The summed E-state index contributed by atoms with van der Waals surface area (Å²) >= 11 is 12.1. The van der Waals surface area contributed by atoms with Crippen LogP contribution in [0.1, 0.15) is 37.4 Å². The summed E-state index contributed by atoms with van der Waals surface area (Å²) in [7, 11) is 0. The molecule has 3 nitrogen and oxygen atoms in total. The van der Waals surface area contributed by atoms with E-state index < -0.39 is 6.10 Å². The van der Waals surface area contributed by atoms with Crippen LogP contribution in [0.15, 0.2) is 18.2 Å². The Morgan fingerprint density at radius 2 is 2.10 bits per heavy atom. The maximum absolute atomic E-state index is 10.4. The zero-order valence-electron chi connectivity index (χ0n) is 12.1. The van der Waals surface area contributed by atoms with Crippen LogP contribution in [0, 0.1) is 0 Å². The third kappa shape index (κ3) is 3.54. The average Bonchev–Trinajstić information content (AvgIpc) is 2.90. The van der Waals surface area contributed by atoms with E-state index >= 15 is 0 Å². The largest absolute Gasteiger partial charge is 0.387 e. The van der Waals surface area contributed by atoms with Crippen LogP contribution in [-0.4, -0.2) is 41.7 Å². The fraction of sp³-hybridized carbons (Fsp3) is 0.625. The average molecular weight is 329 g/mol. The second kappa shape index (κ2) is 6.84. The summed E-state index contributed by atoms with van der Waals surface area (Å²) in [5.41, 5.74) is 0.704. The molecule has 3 atom stereocenters.